The van der Waals surface area contributed by atoms with E-state index in [1.165, 1.54) is 11.6 Å². The van der Waals surface area contributed by atoms with Gasteiger partial charge in [0.05, 0.1) is 6.61 Å². The van der Waals surface area contributed by atoms with Crippen LogP contribution in [-0.4, -0.2) is 30.7 Å². The van der Waals surface area contributed by atoms with Crippen LogP contribution in [-0.2, 0) is 17.7 Å². The Morgan fingerprint density at radius 2 is 2.27 bits per heavy atom. The lowest BCUT2D eigenvalue weighted by atomic mass is 10.2. The third kappa shape index (κ3) is 4.29. The van der Waals surface area contributed by atoms with Gasteiger partial charge in [-0.05, 0) is 35.7 Å². The van der Waals surface area contributed by atoms with Crippen molar-refractivity contribution < 1.29 is 9.53 Å². The summed E-state index contributed by atoms with van der Waals surface area (Å²) in [6.45, 7) is 3.50. The van der Waals surface area contributed by atoms with Crippen molar-refractivity contribution in [1.82, 2.24) is 9.88 Å². The molecule has 0 spiro atoms. The van der Waals surface area contributed by atoms with Crippen molar-refractivity contribution in [1.29, 1.82) is 0 Å². The van der Waals surface area contributed by atoms with Crippen molar-refractivity contribution >= 4 is 17.2 Å². The minimum atomic E-state index is -0.327. The first-order valence-electron chi connectivity index (χ1n) is 7.11. The van der Waals surface area contributed by atoms with Gasteiger partial charge in [-0.15, -0.1) is 0 Å². The van der Waals surface area contributed by atoms with E-state index in [1.807, 2.05) is 22.9 Å². The molecule has 0 radical (unpaired) electrons. The predicted molar refractivity (Wildman–Crippen MR) is 87.7 cm³/mol. The van der Waals surface area contributed by atoms with Gasteiger partial charge in [-0.2, -0.15) is 11.3 Å². The number of thiophene rings is 1. The van der Waals surface area contributed by atoms with Crippen LogP contribution < -0.4 is 10.7 Å². The molecule has 5 nitrogen and oxygen atoms in total. The average Bonchev–Trinajstić information content (AvgIpc) is 2.99. The summed E-state index contributed by atoms with van der Waals surface area (Å²) in [5.74, 6) is -0.327. The van der Waals surface area contributed by atoms with Crippen LogP contribution in [0.15, 0.2) is 33.9 Å². The number of carbonyl (C=O) groups is 1. The quantitative estimate of drug-likeness (QED) is 0.847. The summed E-state index contributed by atoms with van der Waals surface area (Å²) in [5.41, 5.74) is 1.93. The zero-order valence-electron chi connectivity index (χ0n) is 12.8. The Labute approximate surface area is 133 Å². The van der Waals surface area contributed by atoms with Crippen molar-refractivity contribution in [2.45, 2.75) is 19.9 Å². The van der Waals surface area contributed by atoms with Crippen LogP contribution in [0.1, 0.15) is 21.6 Å². The van der Waals surface area contributed by atoms with Gasteiger partial charge in [0.15, 0.2) is 5.43 Å². The number of amides is 1. The number of hydrogen-bond acceptors (Lipinski definition) is 4. The summed E-state index contributed by atoms with van der Waals surface area (Å²) in [7, 11) is 1.62. The number of hydrogen-bond donors (Lipinski definition) is 1. The first-order valence-corrected chi connectivity index (χ1v) is 8.05. The van der Waals surface area contributed by atoms with Gasteiger partial charge in [0.1, 0.15) is 5.56 Å². The van der Waals surface area contributed by atoms with Gasteiger partial charge in [-0.1, -0.05) is 0 Å². The number of aryl methyl sites for hydroxylation is 1. The Bertz CT molecular complexity index is 677. The average molecular weight is 320 g/mol. The molecule has 0 saturated heterocycles. The fourth-order valence-electron chi connectivity index (χ4n) is 2.12. The number of pyridine rings is 1. The second-order valence-electron chi connectivity index (χ2n) is 5.02. The molecule has 1 amide bonds. The highest BCUT2D eigenvalue weighted by Crippen LogP contribution is 2.06. The molecule has 6 heteroatoms. The van der Waals surface area contributed by atoms with Gasteiger partial charge < -0.3 is 14.6 Å². The maximum atomic E-state index is 12.2. The second-order valence-corrected chi connectivity index (χ2v) is 5.80. The first kappa shape index (κ1) is 16.5. The molecular weight excluding hydrogens is 300 g/mol. The summed E-state index contributed by atoms with van der Waals surface area (Å²) >= 11 is 1.63. The minimum Gasteiger partial charge on any atom is -0.383 e. The van der Waals surface area contributed by atoms with Crippen LogP contribution in [0.4, 0.5) is 0 Å². The van der Waals surface area contributed by atoms with Crippen LogP contribution in [0.25, 0.3) is 0 Å². The monoisotopic (exact) mass is 320 g/mol. The number of carbonyl (C=O) groups excluding carboxylic acids is 1. The molecule has 0 aliphatic rings. The molecule has 0 atom stereocenters. The zero-order chi connectivity index (χ0) is 15.9. The highest BCUT2D eigenvalue weighted by molar-refractivity contribution is 7.07. The van der Waals surface area contributed by atoms with Crippen molar-refractivity contribution in [3.05, 3.63) is 56.1 Å². The smallest absolute Gasteiger partial charge is 0.256 e. The lowest BCUT2D eigenvalue weighted by Crippen LogP contribution is -2.31. The summed E-state index contributed by atoms with van der Waals surface area (Å²) in [5, 5.41) is 6.86. The van der Waals surface area contributed by atoms with E-state index in [-0.39, 0.29) is 16.9 Å². The molecule has 2 rings (SSSR count). The molecule has 22 heavy (non-hydrogen) atoms. The standard InChI is InChI=1S/C16H20N2O3S/c1-12-9-15(19)14(10-18(12)6-7-21-2)16(20)17-5-3-13-4-8-22-11-13/h4,8-11H,3,5-7H2,1-2H3,(H,17,20). The molecule has 0 bridgehead atoms. The molecule has 0 aromatic carbocycles. The van der Waals surface area contributed by atoms with Crippen LogP contribution in [0.3, 0.4) is 0 Å². The number of nitrogens with one attached hydrogen (secondary N) is 1. The molecule has 1 N–H and O–H groups in total. The van der Waals surface area contributed by atoms with E-state index < -0.39 is 0 Å². The fraction of sp³-hybridized carbons (Fsp3) is 0.375. The van der Waals surface area contributed by atoms with Gasteiger partial charge in [-0.3, -0.25) is 9.59 Å². The van der Waals surface area contributed by atoms with Crippen LogP contribution >= 0.6 is 11.3 Å². The third-order valence-corrected chi connectivity index (χ3v) is 4.14. The van der Waals surface area contributed by atoms with E-state index in [2.05, 4.69) is 10.7 Å². The normalized spacial score (nSPS) is 10.6. The SMILES string of the molecule is COCCn1cc(C(=O)NCCc2ccsc2)c(=O)cc1C. The molecule has 118 valence electrons. The lowest BCUT2D eigenvalue weighted by Gasteiger charge is -2.12. The second kappa shape index (κ2) is 7.91. The summed E-state index contributed by atoms with van der Waals surface area (Å²) in [6, 6.07) is 3.52. The van der Waals surface area contributed by atoms with E-state index in [0.717, 1.165) is 12.1 Å². The topological polar surface area (TPSA) is 60.3 Å². The fourth-order valence-corrected chi connectivity index (χ4v) is 2.83. The lowest BCUT2D eigenvalue weighted by molar-refractivity contribution is 0.0952. The van der Waals surface area contributed by atoms with E-state index in [0.29, 0.717) is 19.7 Å². The largest absolute Gasteiger partial charge is 0.383 e. The van der Waals surface area contributed by atoms with Crippen molar-refractivity contribution in [3.63, 3.8) is 0 Å². The molecule has 0 aliphatic carbocycles. The number of rotatable bonds is 7. The minimum absolute atomic E-state index is 0.173. The van der Waals surface area contributed by atoms with Crippen LogP contribution in [0.5, 0.6) is 0 Å². The Kier molecular flexibility index (Phi) is 5.91. The van der Waals surface area contributed by atoms with Gasteiger partial charge >= 0.3 is 0 Å². The van der Waals surface area contributed by atoms with Crippen LogP contribution in [0, 0.1) is 6.92 Å². The maximum Gasteiger partial charge on any atom is 0.256 e. The van der Waals surface area contributed by atoms with Crippen molar-refractivity contribution in [2.75, 3.05) is 20.3 Å². The molecule has 2 aromatic rings. The van der Waals surface area contributed by atoms with Gasteiger partial charge in [0, 0.05) is 38.2 Å². The highest BCUT2D eigenvalue weighted by atomic mass is 32.1. The van der Waals surface area contributed by atoms with Gasteiger partial charge in [0.2, 0.25) is 0 Å². The van der Waals surface area contributed by atoms with Gasteiger partial charge in [0.25, 0.3) is 5.91 Å². The number of ether oxygens (including phenoxy) is 1. The Morgan fingerprint density at radius 1 is 1.45 bits per heavy atom. The molecular formula is C16H20N2O3S. The summed E-state index contributed by atoms with van der Waals surface area (Å²) in [4.78, 5) is 24.2. The van der Waals surface area contributed by atoms with Crippen LogP contribution in [0.2, 0.25) is 0 Å². The molecule has 0 unspecified atom stereocenters. The molecule has 0 fully saturated rings. The van der Waals surface area contributed by atoms with E-state index in [1.54, 1.807) is 24.6 Å². The molecule has 0 aliphatic heterocycles. The Balaban J connectivity index is 2.03. The maximum absolute atomic E-state index is 12.2. The van der Waals surface area contributed by atoms with Gasteiger partial charge in [-0.25, -0.2) is 0 Å². The third-order valence-electron chi connectivity index (χ3n) is 3.40. The van der Waals surface area contributed by atoms with Crippen molar-refractivity contribution in [3.8, 4) is 0 Å². The highest BCUT2D eigenvalue weighted by Gasteiger charge is 2.12. The molecule has 2 heterocycles. The van der Waals surface area contributed by atoms with E-state index >= 15 is 0 Å². The number of methoxy groups -OCH3 is 1. The molecule has 2 aromatic heterocycles. The predicted octanol–water partition coefficient (Wildman–Crippen LogP) is 1.84. The molecule has 0 saturated carbocycles. The summed E-state index contributed by atoms with van der Waals surface area (Å²) < 4.78 is 6.90. The van der Waals surface area contributed by atoms with E-state index in [4.69, 9.17) is 4.74 Å². The Morgan fingerprint density at radius 3 is 2.95 bits per heavy atom. The number of nitrogens with zero attached hydrogens (tertiary/aromatic N) is 1. The zero-order valence-corrected chi connectivity index (χ0v) is 13.6. The first-order chi connectivity index (χ1) is 10.6. The number of aromatic nitrogens is 1. The van der Waals surface area contributed by atoms with Crippen molar-refractivity contribution in [2.24, 2.45) is 0 Å². The summed E-state index contributed by atoms with van der Waals surface area (Å²) in [6.07, 6.45) is 2.37. The van der Waals surface area contributed by atoms with E-state index in [9.17, 15) is 9.59 Å². The Hall–Kier alpha value is -1.92.